The predicted molar refractivity (Wildman–Crippen MR) is 121 cm³/mol. The van der Waals surface area contributed by atoms with Gasteiger partial charge in [0.15, 0.2) is 5.78 Å². The zero-order valence-electron chi connectivity index (χ0n) is 18.7. The van der Waals surface area contributed by atoms with Crippen LogP contribution in [0.1, 0.15) is 66.2 Å². The van der Waals surface area contributed by atoms with Gasteiger partial charge in [0.25, 0.3) is 0 Å². The summed E-state index contributed by atoms with van der Waals surface area (Å²) in [5.41, 5.74) is 4.93. The van der Waals surface area contributed by atoms with Gasteiger partial charge in [-0.05, 0) is 53.0 Å². The summed E-state index contributed by atoms with van der Waals surface area (Å²) in [7, 11) is 0. The summed E-state index contributed by atoms with van der Waals surface area (Å²) in [4.78, 5) is 13.4. The fourth-order valence-electron chi connectivity index (χ4n) is 3.82. The summed E-state index contributed by atoms with van der Waals surface area (Å²) >= 11 is 0. The molecular weight excluding hydrogens is 392 g/mol. The zero-order valence-corrected chi connectivity index (χ0v) is 18.7. The van der Waals surface area contributed by atoms with Gasteiger partial charge in [-0.1, -0.05) is 35.4 Å². The van der Waals surface area contributed by atoms with Crippen molar-refractivity contribution in [3.05, 3.63) is 69.3 Å². The minimum Gasteiger partial charge on any atom is -0.507 e. The number of carbonyl (C=O) groups is 1. The van der Waals surface area contributed by atoms with Crippen LogP contribution in [0.25, 0.3) is 0 Å². The number of hydrogen-bond donors (Lipinski definition) is 3. The van der Waals surface area contributed by atoms with Crippen LogP contribution in [-0.4, -0.2) is 27.7 Å². The Bertz CT molecular complexity index is 1080. The van der Waals surface area contributed by atoms with Crippen molar-refractivity contribution in [1.29, 1.82) is 0 Å². The highest BCUT2D eigenvalue weighted by Gasteiger charge is 2.36. The van der Waals surface area contributed by atoms with Crippen LogP contribution >= 0.6 is 0 Å². The smallest absolute Gasteiger partial charge is 0.181 e. The average Bonchev–Trinajstić information content (AvgIpc) is 2.67. The molecule has 0 fully saturated rings. The third kappa shape index (κ3) is 4.46. The van der Waals surface area contributed by atoms with Crippen molar-refractivity contribution in [3.8, 4) is 23.0 Å². The summed E-state index contributed by atoms with van der Waals surface area (Å²) in [6, 6.07) is 4.82. The van der Waals surface area contributed by atoms with Gasteiger partial charge in [-0.15, -0.1) is 0 Å². The van der Waals surface area contributed by atoms with Crippen molar-refractivity contribution >= 4 is 5.78 Å². The number of phenolic OH excluding ortho intramolecular Hbond substituents is 3. The second-order valence-corrected chi connectivity index (χ2v) is 8.60. The van der Waals surface area contributed by atoms with Crippen LogP contribution in [0.4, 0.5) is 0 Å². The van der Waals surface area contributed by atoms with E-state index in [1.807, 2.05) is 52.8 Å². The van der Waals surface area contributed by atoms with Gasteiger partial charge in [0, 0.05) is 22.8 Å². The lowest BCUT2D eigenvalue weighted by Gasteiger charge is -2.28. The topological polar surface area (TPSA) is 87.0 Å². The van der Waals surface area contributed by atoms with E-state index in [9.17, 15) is 20.1 Å². The van der Waals surface area contributed by atoms with Gasteiger partial charge in [-0.3, -0.25) is 4.79 Å². The molecule has 31 heavy (non-hydrogen) atoms. The van der Waals surface area contributed by atoms with Crippen LogP contribution in [0.2, 0.25) is 0 Å². The van der Waals surface area contributed by atoms with E-state index in [1.165, 1.54) is 6.07 Å². The number of phenols is 3. The van der Waals surface area contributed by atoms with Crippen molar-refractivity contribution in [1.82, 2.24) is 0 Å². The number of aromatic hydroxyl groups is 3. The van der Waals surface area contributed by atoms with Gasteiger partial charge in [-0.25, -0.2) is 0 Å². The highest BCUT2D eigenvalue weighted by molar-refractivity contribution is 6.07. The summed E-state index contributed by atoms with van der Waals surface area (Å²) in [5.74, 6) is -1.20. The second kappa shape index (κ2) is 8.88. The molecule has 3 rings (SSSR count). The lowest BCUT2D eigenvalue weighted by Crippen LogP contribution is -2.27. The number of rotatable bonds is 5. The lowest BCUT2D eigenvalue weighted by atomic mass is 9.84. The van der Waals surface area contributed by atoms with E-state index in [-0.39, 0.29) is 41.0 Å². The van der Waals surface area contributed by atoms with E-state index in [0.29, 0.717) is 24.0 Å². The van der Waals surface area contributed by atoms with Crippen LogP contribution in [0.15, 0.2) is 41.5 Å². The Morgan fingerprint density at radius 2 is 1.61 bits per heavy atom. The van der Waals surface area contributed by atoms with E-state index >= 15 is 0 Å². The quantitative estimate of drug-likeness (QED) is 0.555. The highest BCUT2D eigenvalue weighted by Crippen LogP contribution is 2.46. The monoisotopic (exact) mass is 422 g/mol. The maximum Gasteiger partial charge on any atom is 0.181 e. The molecule has 5 nitrogen and oxygen atoms in total. The number of ether oxygens (including phenoxy) is 1. The Hall–Kier alpha value is -3.21. The van der Waals surface area contributed by atoms with E-state index in [4.69, 9.17) is 4.74 Å². The molecule has 0 saturated heterocycles. The van der Waals surface area contributed by atoms with E-state index in [1.54, 1.807) is 6.07 Å². The molecule has 0 spiro atoms. The first-order chi connectivity index (χ1) is 14.6. The molecule has 2 aromatic rings. The molecule has 164 valence electrons. The first-order valence-electron chi connectivity index (χ1n) is 10.4. The number of benzene rings is 2. The molecule has 0 aromatic heterocycles. The van der Waals surface area contributed by atoms with Crippen molar-refractivity contribution in [2.75, 3.05) is 6.61 Å². The van der Waals surface area contributed by atoms with Crippen molar-refractivity contribution in [2.24, 2.45) is 0 Å². The number of ketones is 1. The van der Waals surface area contributed by atoms with Gasteiger partial charge >= 0.3 is 0 Å². The van der Waals surface area contributed by atoms with E-state index < -0.39 is 5.92 Å². The van der Waals surface area contributed by atoms with Gasteiger partial charge in [-0.2, -0.15) is 0 Å². The molecule has 1 aliphatic heterocycles. The molecule has 0 saturated carbocycles. The summed E-state index contributed by atoms with van der Waals surface area (Å²) in [6.45, 7) is 9.83. The molecule has 0 amide bonds. The molecule has 0 unspecified atom stereocenters. The molecule has 0 aliphatic carbocycles. The second-order valence-electron chi connectivity index (χ2n) is 8.60. The number of fused-ring (bicyclic) bond motifs is 1. The van der Waals surface area contributed by atoms with Crippen molar-refractivity contribution in [3.63, 3.8) is 0 Å². The molecule has 0 radical (unpaired) electrons. The highest BCUT2D eigenvalue weighted by atomic mass is 16.5. The maximum atomic E-state index is 13.4. The molecule has 3 N–H and O–H groups in total. The predicted octanol–water partition coefficient (Wildman–Crippen LogP) is 5.49. The van der Waals surface area contributed by atoms with Gasteiger partial charge < -0.3 is 20.1 Å². The molecule has 1 heterocycles. The molecule has 1 atom stereocenters. The number of aryl methyl sites for hydroxylation is 1. The maximum absolute atomic E-state index is 13.4. The SMILES string of the molecule is CC(C)=CCc1c(C)ccc([C@H]2COc3c(CC=C(C)C)c(O)cc(O)c3C2=O)c1O. The molecule has 5 heteroatoms. The Kier molecular flexibility index (Phi) is 6.44. The fourth-order valence-corrected chi connectivity index (χ4v) is 3.82. The Morgan fingerprint density at radius 3 is 2.23 bits per heavy atom. The van der Waals surface area contributed by atoms with Crippen LogP contribution in [0.3, 0.4) is 0 Å². The Labute approximate surface area is 183 Å². The third-order valence-corrected chi connectivity index (χ3v) is 5.65. The largest absolute Gasteiger partial charge is 0.507 e. The van der Waals surface area contributed by atoms with Crippen molar-refractivity contribution < 1.29 is 24.9 Å². The van der Waals surface area contributed by atoms with Crippen LogP contribution in [0, 0.1) is 6.92 Å². The summed E-state index contributed by atoms with van der Waals surface area (Å²) < 4.78 is 5.92. The first kappa shape index (κ1) is 22.5. The van der Waals surface area contributed by atoms with Crippen molar-refractivity contribution in [2.45, 2.75) is 53.4 Å². The van der Waals surface area contributed by atoms with Gasteiger partial charge in [0.2, 0.25) is 0 Å². The minimum atomic E-state index is -0.745. The number of hydrogen-bond acceptors (Lipinski definition) is 5. The average molecular weight is 423 g/mol. The lowest BCUT2D eigenvalue weighted by molar-refractivity contribution is 0.0888. The minimum absolute atomic E-state index is 0.0231. The third-order valence-electron chi connectivity index (χ3n) is 5.65. The van der Waals surface area contributed by atoms with E-state index in [2.05, 4.69) is 0 Å². The van der Waals surface area contributed by atoms with Gasteiger partial charge in [0.1, 0.15) is 35.2 Å². The standard InChI is InChI=1S/C26H30O5/c1-14(2)6-9-17-16(5)8-11-18(24(17)29)20-13-31-26-19(10-7-15(3)4)21(27)12-22(28)23(26)25(20)30/h6-8,11-12,20,27-29H,9-10,13H2,1-5H3/t20-/m1/s1. The fraction of sp³-hybridized carbons (Fsp3) is 0.346. The summed E-state index contributed by atoms with van der Waals surface area (Å²) in [5, 5.41) is 31.7. The molecule has 2 aromatic carbocycles. The van der Waals surface area contributed by atoms with Crippen LogP contribution in [-0.2, 0) is 12.8 Å². The van der Waals surface area contributed by atoms with Crippen LogP contribution in [0.5, 0.6) is 23.0 Å². The molecular formula is C26H30O5. The number of allylic oxidation sites excluding steroid dienone is 4. The van der Waals surface area contributed by atoms with Crippen LogP contribution < -0.4 is 4.74 Å². The molecule has 1 aliphatic rings. The van der Waals surface area contributed by atoms with Gasteiger partial charge in [0.05, 0.1) is 5.92 Å². The molecule has 0 bridgehead atoms. The number of carbonyl (C=O) groups excluding carboxylic acids is 1. The Balaban J connectivity index is 2.06. The Morgan fingerprint density at radius 1 is 1.00 bits per heavy atom. The first-order valence-corrected chi connectivity index (χ1v) is 10.4. The summed E-state index contributed by atoms with van der Waals surface area (Å²) in [6.07, 6.45) is 4.91. The van der Waals surface area contributed by atoms with E-state index in [0.717, 1.165) is 22.3 Å². The number of Topliss-reactive ketones (excluding diaryl/α,β-unsaturated/α-hetero) is 1. The zero-order chi connectivity index (χ0) is 22.9. The normalized spacial score (nSPS) is 15.1.